The molecule has 2 aromatic heterocycles. The molecule has 0 amide bonds. The van der Waals surface area contributed by atoms with Crippen molar-refractivity contribution in [2.75, 3.05) is 7.11 Å². The summed E-state index contributed by atoms with van der Waals surface area (Å²) in [5.74, 6) is 0.570. The van der Waals surface area contributed by atoms with Gasteiger partial charge in [0.25, 0.3) is 0 Å². The Morgan fingerprint density at radius 2 is 2.00 bits per heavy atom. The van der Waals surface area contributed by atoms with Crippen molar-refractivity contribution in [1.82, 2.24) is 9.61 Å². The van der Waals surface area contributed by atoms with E-state index in [1.807, 2.05) is 35.7 Å². The lowest BCUT2D eigenvalue weighted by atomic mass is 10.1. The first kappa shape index (κ1) is 12.6. The molecule has 0 spiro atoms. The molecule has 0 aliphatic heterocycles. The number of pyridine rings is 1. The first-order valence-electron chi connectivity index (χ1n) is 6.53. The Labute approximate surface area is 128 Å². The van der Waals surface area contributed by atoms with Crippen LogP contribution in [0, 0.1) is 6.92 Å². The molecule has 2 aromatic carbocycles. The monoisotopic (exact) mass is 342 g/mol. The van der Waals surface area contributed by atoms with E-state index in [9.17, 15) is 4.79 Å². The zero-order chi connectivity index (χ0) is 14.7. The number of ether oxygens (including phenoxy) is 1. The second-order valence-corrected chi connectivity index (χ2v) is 5.85. The van der Waals surface area contributed by atoms with Crippen molar-refractivity contribution >= 4 is 43.1 Å². The van der Waals surface area contributed by atoms with Crippen molar-refractivity contribution in [3.63, 3.8) is 0 Å². The zero-order valence-corrected chi connectivity index (χ0v) is 13.1. The van der Waals surface area contributed by atoms with E-state index in [0.29, 0.717) is 16.5 Å². The van der Waals surface area contributed by atoms with Gasteiger partial charge in [-0.15, -0.1) is 0 Å². The van der Waals surface area contributed by atoms with Crippen LogP contribution in [0.5, 0.6) is 5.75 Å². The van der Waals surface area contributed by atoms with E-state index >= 15 is 0 Å². The third-order valence-corrected chi connectivity index (χ3v) is 4.55. The molecule has 0 aliphatic carbocycles. The average Bonchev–Trinajstić information content (AvgIpc) is 2.82. The third kappa shape index (κ3) is 1.49. The lowest BCUT2D eigenvalue weighted by molar-refractivity contribution is 0.419. The van der Waals surface area contributed by atoms with Crippen LogP contribution in [-0.4, -0.2) is 16.7 Å². The maximum atomic E-state index is 13.0. The molecule has 0 fully saturated rings. The number of halogens is 1. The molecular formula is C16H11BrN2O2. The van der Waals surface area contributed by atoms with E-state index in [2.05, 4.69) is 21.0 Å². The van der Waals surface area contributed by atoms with E-state index in [1.165, 1.54) is 0 Å². The molecule has 0 aliphatic rings. The fraction of sp³-hybridized carbons (Fsp3) is 0.125. The van der Waals surface area contributed by atoms with Gasteiger partial charge in [0.2, 0.25) is 5.43 Å². The van der Waals surface area contributed by atoms with Crippen LogP contribution < -0.4 is 10.2 Å². The summed E-state index contributed by atoms with van der Waals surface area (Å²) in [5.41, 5.74) is 2.49. The highest BCUT2D eigenvalue weighted by molar-refractivity contribution is 9.10. The van der Waals surface area contributed by atoms with Gasteiger partial charge < -0.3 is 4.74 Å². The van der Waals surface area contributed by atoms with Crippen LogP contribution in [0.4, 0.5) is 0 Å². The third-order valence-electron chi connectivity index (χ3n) is 3.89. The first-order chi connectivity index (χ1) is 10.1. The van der Waals surface area contributed by atoms with Crippen molar-refractivity contribution in [3.8, 4) is 5.75 Å². The van der Waals surface area contributed by atoms with Crippen molar-refractivity contribution < 1.29 is 4.74 Å². The Kier molecular flexibility index (Phi) is 2.50. The minimum atomic E-state index is -0.0349. The van der Waals surface area contributed by atoms with Crippen LogP contribution >= 0.6 is 15.9 Å². The Hall–Kier alpha value is -2.14. The standard InChI is InChI=1S/C16H11BrN2O2/c1-8-9-6-7-10(17)13-15(9)19(18-8)11-4-3-5-12(21-2)14(11)16(13)20/h3-7H,1-2H3. The molecule has 4 aromatic rings. The van der Waals surface area contributed by atoms with E-state index in [0.717, 1.165) is 26.6 Å². The SMILES string of the molecule is COc1cccc2c1c(=O)c1c(Br)ccc3c(C)nn2c31. The number of benzene rings is 2. The van der Waals surface area contributed by atoms with Gasteiger partial charge in [0.05, 0.1) is 34.6 Å². The summed E-state index contributed by atoms with van der Waals surface area (Å²) in [7, 11) is 1.57. The maximum Gasteiger partial charge on any atom is 0.202 e. The molecule has 0 N–H and O–H groups in total. The first-order valence-corrected chi connectivity index (χ1v) is 7.32. The molecule has 0 radical (unpaired) electrons. The van der Waals surface area contributed by atoms with Crippen molar-refractivity contribution in [2.24, 2.45) is 0 Å². The summed E-state index contributed by atoms with van der Waals surface area (Å²) in [6.45, 7) is 1.95. The molecule has 0 unspecified atom stereocenters. The topological polar surface area (TPSA) is 43.6 Å². The van der Waals surface area contributed by atoms with Crippen LogP contribution in [-0.2, 0) is 0 Å². The van der Waals surface area contributed by atoms with Crippen LogP contribution in [0.3, 0.4) is 0 Å². The van der Waals surface area contributed by atoms with Crippen molar-refractivity contribution in [1.29, 1.82) is 0 Å². The largest absolute Gasteiger partial charge is 0.496 e. The highest BCUT2D eigenvalue weighted by Gasteiger charge is 2.19. The smallest absolute Gasteiger partial charge is 0.202 e. The van der Waals surface area contributed by atoms with Gasteiger partial charge in [-0.25, -0.2) is 4.52 Å². The van der Waals surface area contributed by atoms with Gasteiger partial charge in [-0.3, -0.25) is 4.79 Å². The number of hydrogen-bond donors (Lipinski definition) is 0. The summed E-state index contributed by atoms with van der Waals surface area (Å²) >= 11 is 3.49. The fourth-order valence-corrected chi connectivity index (χ4v) is 3.44. The minimum absolute atomic E-state index is 0.0349. The van der Waals surface area contributed by atoms with Gasteiger partial charge in [0.1, 0.15) is 5.75 Å². The molecule has 5 heteroatoms. The fourth-order valence-electron chi connectivity index (χ4n) is 2.94. The maximum absolute atomic E-state index is 13.0. The zero-order valence-electron chi connectivity index (χ0n) is 11.5. The van der Waals surface area contributed by atoms with Crippen LogP contribution in [0.25, 0.3) is 27.2 Å². The van der Waals surface area contributed by atoms with Crippen LogP contribution in [0.15, 0.2) is 39.6 Å². The molecule has 4 nitrogen and oxygen atoms in total. The summed E-state index contributed by atoms with van der Waals surface area (Å²) in [4.78, 5) is 13.0. The number of rotatable bonds is 1. The normalized spacial score (nSPS) is 11.8. The Balaban J connectivity index is 2.47. The molecule has 0 saturated carbocycles. The van der Waals surface area contributed by atoms with Gasteiger partial charge >= 0.3 is 0 Å². The number of aryl methyl sites for hydroxylation is 1. The predicted molar refractivity (Wildman–Crippen MR) is 86.6 cm³/mol. The van der Waals surface area contributed by atoms with Crippen molar-refractivity contribution in [3.05, 3.63) is 50.7 Å². The highest BCUT2D eigenvalue weighted by atomic mass is 79.9. The molecule has 2 heterocycles. The molecule has 104 valence electrons. The molecule has 0 atom stereocenters. The van der Waals surface area contributed by atoms with Gasteiger partial charge in [0, 0.05) is 9.86 Å². The van der Waals surface area contributed by atoms with E-state index in [1.54, 1.807) is 13.2 Å². The summed E-state index contributed by atoms with van der Waals surface area (Å²) < 4.78 is 7.98. The van der Waals surface area contributed by atoms with Crippen LogP contribution in [0.1, 0.15) is 5.69 Å². The number of methoxy groups -OCH3 is 1. The lowest BCUT2D eigenvalue weighted by Gasteiger charge is -2.09. The van der Waals surface area contributed by atoms with Gasteiger partial charge in [-0.2, -0.15) is 5.10 Å². The Bertz CT molecular complexity index is 1070. The van der Waals surface area contributed by atoms with E-state index in [-0.39, 0.29) is 5.43 Å². The van der Waals surface area contributed by atoms with E-state index < -0.39 is 0 Å². The number of nitrogens with zero attached hydrogens (tertiary/aromatic N) is 2. The van der Waals surface area contributed by atoms with Crippen LogP contribution in [0.2, 0.25) is 0 Å². The molecule has 21 heavy (non-hydrogen) atoms. The minimum Gasteiger partial charge on any atom is -0.496 e. The Morgan fingerprint density at radius 3 is 2.76 bits per heavy atom. The second-order valence-electron chi connectivity index (χ2n) is 5.00. The lowest BCUT2D eigenvalue weighted by Crippen LogP contribution is -2.09. The summed E-state index contributed by atoms with van der Waals surface area (Å²) in [5, 5.41) is 6.80. The predicted octanol–water partition coefficient (Wildman–Crippen LogP) is 3.52. The molecule has 4 rings (SSSR count). The molecule has 0 bridgehead atoms. The molecular weight excluding hydrogens is 332 g/mol. The quantitative estimate of drug-likeness (QED) is 0.497. The summed E-state index contributed by atoms with van der Waals surface area (Å²) in [6.07, 6.45) is 0. The van der Waals surface area contributed by atoms with Gasteiger partial charge in [-0.1, -0.05) is 6.07 Å². The van der Waals surface area contributed by atoms with Gasteiger partial charge in [-0.05, 0) is 47.1 Å². The number of aromatic nitrogens is 2. The molecule has 0 saturated heterocycles. The average molecular weight is 343 g/mol. The second kappa shape index (κ2) is 4.18. The number of fused-ring (bicyclic) bond motifs is 2. The van der Waals surface area contributed by atoms with Gasteiger partial charge in [0.15, 0.2) is 0 Å². The highest BCUT2D eigenvalue weighted by Crippen LogP contribution is 2.32. The number of hydrogen-bond acceptors (Lipinski definition) is 3. The van der Waals surface area contributed by atoms with Crippen molar-refractivity contribution in [2.45, 2.75) is 6.92 Å². The van der Waals surface area contributed by atoms with E-state index in [4.69, 9.17) is 4.74 Å². The Morgan fingerprint density at radius 1 is 1.19 bits per heavy atom. The summed E-state index contributed by atoms with van der Waals surface area (Å²) in [6, 6.07) is 9.45.